The highest BCUT2D eigenvalue weighted by molar-refractivity contribution is 6.58. The molecule has 0 unspecified atom stereocenters. The number of hydrogen-bond acceptors (Lipinski definition) is 5. The highest BCUT2D eigenvalue weighted by atomic mass is 16.4. The minimum atomic E-state index is -1.50. The second kappa shape index (κ2) is 6.31. The molecule has 128 valence electrons. The van der Waals surface area contributed by atoms with Crippen LogP contribution in [0.3, 0.4) is 0 Å². The van der Waals surface area contributed by atoms with Crippen molar-refractivity contribution in [1.29, 1.82) is 0 Å². The van der Waals surface area contributed by atoms with E-state index in [0.717, 1.165) is 16.8 Å². The maximum Gasteiger partial charge on any atom is 0.488 e. The van der Waals surface area contributed by atoms with Crippen LogP contribution in [0.15, 0.2) is 30.3 Å². The molecule has 0 aliphatic carbocycles. The Morgan fingerprint density at radius 3 is 2.48 bits per heavy atom. The Kier molecular flexibility index (Phi) is 4.32. The fourth-order valence-corrected chi connectivity index (χ4v) is 2.73. The average molecular weight is 338 g/mol. The first-order valence-corrected chi connectivity index (χ1v) is 7.84. The van der Waals surface area contributed by atoms with Crippen molar-refractivity contribution in [2.45, 2.75) is 13.8 Å². The van der Waals surface area contributed by atoms with Gasteiger partial charge in [0.2, 0.25) is 0 Å². The second-order valence-electron chi connectivity index (χ2n) is 6.23. The Morgan fingerprint density at radius 1 is 1.16 bits per heavy atom. The van der Waals surface area contributed by atoms with E-state index in [2.05, 4.69) is 10.1 Å². The van der Waals surface area contributed by atoms with E-state index in [1.54, 1.807) is 42.9 Å². The van der Waals surface area contributed by atoms with Gasteiger partial charge in [0.1, 0.15) is 5.69 Å². The summed E-state index contributed by atoms with van der Waals surface area (Å²) in [5.41, 5.74) is 4.65. The van der Waals surface area contributed by atoms with Crippen molar-refractivity contribution in [3.63, 3.8) is 0 Å². The van der Waals surface area contributed by atoms with Gasteiger partial charge in [-0.3, -0.25) is 4.79 Å². The molecule has 0 spiro atoms. The zero-order chi connectivity index (χ0) is 18.3. The second-order valence-corrected chi connectivity index (χ2v) is 6.23. The fraction of sp³-hybridized carbons (Fsp3) is 0.235. The number of fused-ring (bicyclic) bond motifs is 1. The van der Waals surface area contributed by atoms with Crippen LogP contribution in [-0.2, 0) is 0 Å². The van der Waals surface area contributed by atoms with Crippen molar-refractivity contribution >= 4 is 24.1 Å². The minimum absolute atomic E-state index is 0.161. The fourth-order valence-electron chi connectivity index (χ4n) is 2.73. The lowest BCUT2D eigenvalue weighted by molar-refractivity contribution is 0.0822. The van der Waals surface area contributed by atoms with E-state index in [9.17, 15) is 14.8 Å². The molecule has 0 fully saturated rings. The minimum Gasteiger partial charge on any atom is -0.423 e. The molecule has 0 saturated carbocycles. The van der Waals surface area contributed by atoms with E-state index < -0.39 is 7.12 Å². The lowest BCUT2D eigenvalue weighted by atomic mass is 9.79. The summed E-state index contributed by atoms with van der Waals surface area (Å²) < 4.78 is 1.69. The molecule has 0 atom stereocenters. The van der Waals surface area contributed by atoms with Crippen LogP contribution in [0.2, 0.25) is 0 Å². The van der Waals surface area contributed by atoms with E-state index in [-0.39, 0.29) is 5.91 Å². The van der Waals surface area contributed by atoms with Crippen molar-refractivity contribution in [2.75, 3.05) is 14.1 Å². The molecule has 1 amide bonds. The molecule has 1 aromatic carbocycles. The summed E-state index contributed by atoms with van der Waals surface area (Å²) in [6.45, 7) is 3.75. The molecule has 0 aliphatic rings. The van der Waals surface area contributed by atoms with Crippen LogP contribution in [0.5, 0.6) is 0 Å². The van der Waals surface area contributed by atoms with E-state index in [0.29, 0.717) is 22.5 Å². The Morgan fingerprint density at radius 2 is 1.88 bits per heavy atom. The molecule has 25 heavy (non-hydrogen) atoms. The third kappa shape index (κ3) is 3.13. The highest BCUT2D eigenvalue weighted by Crippen LogP contribution is 2.23. The lowest BCUT2D eigenvalue weighted by Crippen LogP contribution is -2.29. The monoisotopic (exact) mass is 338 g/mol. The number of benzene rings is 1. The molecule has 2 heterocycles. The molecule has 2 aromatic heterocycles. The van der Waals surface area contributed by atoms with Crippen LogP contribution in [0.25, 0.3) is 16.9 Å². The van der Waals surface area contributed by atoms with Crippen LogP contribution < -0.4 is 5.46 Å². The third-order valence-electron chi connectivity index (χ3n) is 4.06. The molecule has 7 nitrogen and oxygen atoms in total. The van der Waals surface area contributed by atoms with E-state index in [4.69, 9.17) is 0 Å². The Hall–Kier alpha value is -2.71. The lowest BCUT2D eigenvalue weighted by Gasteiger charge is -2.10. The topological polar surface area (TPSA) is 91.0 Å². The van der Waals surface area contributed by atoms with E-state index in [1.807, 2.05) is 19.9 Å². The van der Waals surface area contributed by atoms with Gasteiger partial charge in [0.05, 0.1) is 5.69 Å². The number of aromatic nitrogens is 3. The van der Waals surface area contributed by atoms with Gasteiger partial charge in [-0.1, -0.05) is 18.2 Å². The van der Waals surface area contributed by atoms with Crippen molar-refractivity contribution in [1.82, 2.24) is 19.5 Å². The predicted octanol–water partition coefficient (Wildman–Crippen LogP) is 0.395. The summed E-state index contributed by atoms with van der Waals surface area (Å²) in [7, 11) is 1.87. The first kappa shape index (κ1) is 17.1. The zero-order valence-corrected chi connectivity index (χ0v) is 14.6. The van der Waals surface area contributed by atoms with Crippen molar-refractivity contribution in [3.8, 4) is 11.3 Å². The molecule has 0 radical (unpaired) electrons. The summed E-state index contributed by atoms with van der Waals surface area (Å²) in [6.07, 6.45) is 0. The van der Waals surface area contributed by atoms with Gasteiger partial charge < -0.3 is 14.9 Å². The number of carbonyl (C=O) groups excluding carboxylic acids is 1. The molecule has 0 bridgehead atoms. The molecule has 8 heteroatoms. The number of rotatable bonds is 3. The Balaban J connectivity index is 2.10. The smallest absolute Gasteiger partial charge is 0.423 e. The van der Waals surface area contributed by atoms with Crippen LogP contribution in [-0.4, -0.2) is 56.7 Å². The summed E-state index contributed by atoms with van der Waals surface area (Å²) in [5.74, 6) is -0.161. The first-order chi connectivity index (χ1) is 11.8. The number of aryl methyl sites for hydroxylation is 2. The molecule has 2 N–H and O–H groups in total. The normalized spacial score (nSPS) is 11.0. The van der Waals surface area contributed by atoms with Gasteiger partial charge in [0, 0.05) is 31.4 Å². The van der Waals surface area contributed by atoms with Crippen molar-refractivity contribution in [3.05, 3.63) is 47.3 Å². The SMILES string of the molecule is Cc1cc(B(O)O)ccc1-c1cc2nc(C(=O)N(C)C)cc(C)n2n1. The standard InChI is InChI=1S/C17H19BN4O3/c1-10-7-12(18(24)25)5-6-13(10)14-9-16-19-15(17(23)21(3)4)8-11(2)22(16)20-14/h5-9,24-25H,1-4H3. The Labute approximate surface area is 145 Å². The highest BCUT2D eigenvalue weighted by Gasteiger charge is 2.17. The van der Waals surface area contributed by atoms with Gasteiger partial charge in [-0.15, -0.1) is 0 Å². The summed E-state index contributed by atoms with van der Waals surface area (Å²) >= 11 is 0. The summed E-state index contributed by atoms with van der Waals surface area (Å²) in [4.78, 5) is 18.1. The molecule has 3 aromatic rings. The Bertz CT molecular complexity index is 966. The number of nitrogens with zero attached hydrogens (tertiary/aromatic N) is 4. The van der Waals surface area contributed by atoms with E-state index >= 15 is 0 Å². The largest absolute Gasteiger partial charge is 0.488 e. The number of amides is 1. The molecule has 3 rings (SSSR count). The summed E-state index contributed by atoms with van der Waals surface area (Å²) in [6, 6.07) is 8.69. The average Bonchev–Trinajstić information content (AvgIpc) is 2.98. The zero-order valence-electron chi connectivity index (χ0n) is 14.6. The van der Waals surface area contributed by atoms with E-state index in [1.165, 1.54) is 4.90 Å². The van der Waals surface area contributed by atoms with Gasteiger partial charge in [-0.05, 0) is 30.9 Å². The molecule has 0 saturated heterocycles. The van der Waals surface area contributed by atoms with Gasteiger partial charge in [-0.2, -0.15) is 5.10 Å². The first-order valence-electron chi connectivity index (χ1n) is 7.84. The van der Waals surface area contributed by atoms with Crippen molar-refractivity contribution in [2.24, 2.45) is 0 Å². The third-order valence-corrected chi connectivity index (χ3v) is 4.06. The van der Waals surface area contributed by atoms with Crippen LogP contribution >= 0.6 is 0 Å². The van der Waals surface area contributed by atoms with Gasteiger partial charge in [0.15, 0.2) is 5.65 Å². The summed E-state index contributed by atoms with van der Waals surface area (Å²) in [5, 5.41) is 23.1. The van der Waals surface area contributed by atoms with Gasteiger partial charge >= 0.3 is 7.12 Å². The van der Waals surface area contributed by atoms with Crippen LogP contribution in [0.4, 0.5) is 0 Å². The molecular formula is C17H19BN4O3. The van der Waals surface area contributed by atoms with Gasteiger partial charge in [-0.25, -0.2) is 9.50 Å². The van der Waals surface area contributed by atoms with Gasteiger partial charge in [0.25, 0.3) is 5.91 Å². The number of carbonyl (C=O) groups is 1. The molecule has 0 aliphatic heterocycles. The van der Waals surface area contributed by atoms with Crippen LogP contribution in [0.1, 0.15) is 21.7 Å². The number of hydrogen-bond donors (Lipinski definition) is 2. The van der Waals surface area contributed by atoms with Crippen LogP contribution in [0, 0.1) is 13.8 Å². The van der Waals surface area contributed by atoms with Crippen molar-refractivity contribution < 1.29 is 14.8 Å². The maximum absolute atomic E-state index is 12.2. The maximum atomic E-state index is 12.2. The quantitative estimate of drug-likeness (QED) is 0.675. The molecular weight excluding hydrogens is 319 g/mol. The predicted molar refractivity (Wildman–Crippen MR) is 95.7 cm³/mol.